The van der Waals surface area contributed by atoms with Gasteiger partial charge in [0.05, 0.1) is 25.5 Å². The van der Waals surface area contributed by atoms with Gasteiger partial charge in [-0.05, 0) is 37.3 Å². The lowest BCUT2D eigenvalue weighted by Gasteiger charge is -2.18. The summed E-state index contributed by atoms with van der Waals surface area (Å²) in [7, 11) is 1.60. The number of carbonyl (C=O) groups excluding carboxylic acids is 2. The van der Waals surface area contributed by atoms with Crippen LogP contribution in [0.1, 0.15) is 18.9 Å². The van der Waals surface area contributed by atoms with Gasteiger partial charge < -0.3 is 15.4 Å². The molecule has 0 aromatic heterocycles. The minimum Gasteiger partial charge on any atom is -0.496 e. The average Bonchev–Trinajstić information content (AvgIpc) is 3.42. The van der Waals surface area contributed by atoms with E-state index in [2.05, 4.69) is 27.8 Å². The first-order valence-electron chi connectivity index (χ1n) is 10.4. The molecule has 2 bridgehead atoms. The van der Waals surface area contributed by atoms with Crippen LogP contribution < -0.4 is 15.4 Å². The molecular formula is C22H27ClN4O3. The smallest absolute Gasteiger partial charge is 0.233 e. The number of benzene rings is 1. The summed E-state index contributed by atoms with van der Waals surface area (Å²) in [6.07, 6.45) is 5.17. The van der Waals surface area contributed by atoms with Crippen molar-refractivity contribution in [2.45, 2.75) is 19.9 Å². The number of aliphatic imine (C=N–C) groups is 1. The Morgan fingerprint density at radius 3 is 2.53 bits per heavy atom. The molecule has 4 rings (SSSR count). The number of carbonyl (C=O) groups is 2. The molecule has 160 valence electrons. The second-order valence-corrected chi connectivity index (χ2v) is 8.34. The largest absolute Gasteiger partial charge is 0.496 e. The predicted octanol–water partition coefficient (Wildman–Crippen LogP) is 2.21. The number of nitrogens with one attached hydrogen (secondary N) is 2. The number of ether oxygens (including phenoxy) is 1. The second kappa shape index (κ2) is 8.68. The predicted molar refractivity (Wildman–Crippen MR) is 115 cm³/mol. The molecular weight excluding hydrogens is 404 g/mol. The quantitative estimate of drug-likeness (QED) is 0.300. The van der Waals surface area contributed by atoms with Crippen molar-refractivity contribution >= 4 is 29.4 Å². The average molecular weight is 431 g/mol. The number of allylic oxidation sites excluding steroid dienone is 2. The van der Waals surface area contributed by atoms with Crippen molar-refractivity contribution in [2.75, 3.05) is 26.7 Å². The van der Waals surface area contributed by atoms with Crippen LogP contribution in [0.15, 0.2) is 35.3 Å². The van der Waals surface area contributed by atoms with Gasteiger partial charge in [0.15, 0.2) is 5.96 Å². The molecule has 8 heteroatoms. The van der Waals surface area contributed by atoms with Gasteiger partial charge in [0.25, 0.3) is 0 Å². The van der Waals surface area contributed by atoms with Crippen LogP contribution in [0.25, 0.3) is 0 Å². The molecule has 1 aromatic rings. The first kappa shape index (κ1) is 20.7. The maximum absolute atomic E-state index is 12.8. The van der Waals surface area contributed by atoms with Crippen LogP contribution in [0, 0.1) is 23.7 Å². The highest BCUT2D eigenvalue weighted by Crippen LogP contribution is 2.52. The Balaban J connectivity index is 1.35. The Morgan fingerprint density at radius 2 is 1.90 bits per heavy atom. The number of likely N-dealkylation sites (tertiary alicyclic amines) is 1. The third-order valence-corrected chi connectivity index (χ3v) is 6.43. The van der Waals surface area contributed by atoms with Crippen molar-refractivity contribution in [1.82, 2.24) is 15.5 Å². The second-order valence-electron chi connectivity index (χ2n) is 7.91. The topological polar surface area (TPSA) is 83.0 Å². The van der Waals surface area contributed by atoms with Gasteiger partial charge in [0.1, 0.15) is 5.75 Å². The number of amides is 2. The summed E-state index contributed by atoms with van der Waals surface area (Å²) >= 11 is 6.02. The number of nitrogens with zero attached hydrogens (tertiary/aromatic N) is 2. The summed E-state index contributed by atoms with van der Waals surface area (Å²) in [6, 6.07) is 5.45. The number of fused-ring (bicyclic) bond motifs is 5. The molecule has 1 saturated carbocycles. The molecule has 3 aliphatic rings. The van der Waals surface area contributed by atoms with E-state index in [1.165, 1.54) is 4.90 Å². The maximum Gasteiger partial charge on any atom is 0.233 e. The highest BCUT2D eigenvalue weighted by atomic mass is 35.5. The van der Waals surface area contributed by atoms with E-state index >= 15 is 0 Å². The maximum atomic E-state index is 12.8. The summed E-state index contributed by atoms with van der Waals surface area (Å²) in [5.41, 5.74) is 0.916. The van der Waals surface area contributed by atoms with Crippen molar-refractivity contribution in [3.63, 3.8) is 0 Å². The molecule has 2 fully saturated rings. The van der Waals surface area contributed by atoms with Crippen LogP contribution in [0.3, 0.4) is 0 Å². The number of methoxy groups -OCH3 is 1. The number of halogens is 1. The molecule has 1 saturated heterocycles. The molecule has 1 heterocycles. The van der Waals surface area contributed by atoms with Crippen LogP contribution in [0.5, 0.6) is 5.75 Å². The van der Waals surface area contributed by atoms with Gasteiger partial charge in [0, 0.05) is 30.2 Å². The minimum atomic E-state index is -0.147. The van der Waals surface area contributed by atoms with Crippen LogP contribution in [-0.4, -0.2) is 49.4 Å². The summed E-state index contributed by atoms with van der Waals surface area (Å²) < 4.78 is 5.37. The van der Waals surface area contributed by atoms with Crippen LogP contribution in [0.4, 0.5) is 0 Å². The van der Waals surface area contributed by atoms with Gasteiger partial charge in [0.2, 0.25) is 11.8 Å². The number of imide groups is 1. The molecule has 2 aliphatic carbocycles. The fourth-order valence-electron chi connectivity index (χ4n) is 4.83. The van der Waals surface area contributed by atoms with Crippen LogP contribution in [0.2, 0.25) is 5.02 Å². The Labute approximate surface area is 181 Å². The summed E-state index contributed by atoms with van der Waals surface area (Å²) in [6.45, 7) is 3.89. The van der Waals surface area contributed by atoms with Gasteiger partial charge in [-0.3, -0.25) is 14.5 Å². The third kappa shape index (κ3) is 3.78. The lowest BCUT2D eigenvalue weighted by atomic mass is 9.85. The summed E-state index contributed by atoms with van der Waals surface area (Å²) in [5.74, 6) is 1.46. The molecule has 2 N–H and O–H groups in total. The van der Waals surface area contributed by atoms with E-state index < -0.39 is 0 Å². The van der Waals surface area contributed by atoms with E-state index in [0.717, 1.165) is 12.0 Å². The molecule has 7 nitrogen and oxygen atoms in total. The Morgan fingerprint density at radius 1 is 1.20 bits per heavy atom. The van der Waals surface area contributed by atoms with E-state index in [0.29, 0.717) is 42.9 Å². The van der Waals surface area contributed by atoms with E-state index in [-0.39, 0.29) is 35.5 Å². The molecule has 1 aromatic carbocycles. The Hall–Kier alpha value is -2.54. The van der Waals surface area contributed by atoms with Crippen LogP contribution in [-0.2, 0) is 16.1 Å². The molecule has 30 heavy (non-hydrogen) atoms. The van der Waals surface area contributed by atoms with Crippen molar-refractivity contribution in [1.29, 1.82) is 0 Å². The highest BCUT2D eigenvalue weighted by molar-refractivity contribution is 6.30. The molecule has 4 unspecified atom stereocenters. The fourth-order valence-corrected chi connectivity index (χ4v) is 4.99. The summed E-state index contributed by atoms with van der Waals surface area (Å²) in [4.78, 5) is 31.6. The number of hydrogen-bond acceptors (Lipinski definition) is 4. The zero-order chi connectivity index (χ0) is 21.3. The zero-order valence-corrected chi connectivity index (χ0v) is 18.0. The molecule has 2 amide bonds. The van der Waals surface area contributed by atoms with Gasteiger partial charge in [-0.1, -0.05) is 29.8 Å². The normalized spacial score (nSPS) is 27.0. The SMILES string of the molecule is CCNC(=NCc1ccc(Cl)cc1OC)NCCN1C(=O)C2C3C=CC(C3)C2C1=O. The van der Waals surface area contributed by atoms with Crippen molar-refractivity contribution in [3.05, 3.63) is 40.9 Å². The Kier molecular flexibility index (Phi) is 5.99. The van der Waals surface area contributed by atoms with E-state index in [4.69, 9.17) is 16.3 Å². The van der Waals surface area contributed by atoms with Crippen molar-refractivity contribution in [2.24, 2.45) is 28.7 Å². The standard InChI is InChI=1S/C22H27ClN4O3/c1-3-24-22(26-12-15-6-7-16(23)11-17(15)30-2)25-8-9-27-20(28)18-13-4-5-14(10-13)19(18)21(27)29/h4-7,11,13-14,18-19H,3,8-10,12H2,1-2H3,(H2,24,25,26). The Bertz CT molecular complexity index is 870. The van der Waals surface area contributed by atoms with Crippen molar-refractivity contribution in [3.8, 4) is 5.75 Å². The van der Waals surface area contributed by atoms with Crippen molar-refractivity contribution < 1.29 is 14.3 Å². The highest BCUT2D eigenvalue weighted by Gasteiger charge is 2.58. The molecule has 0 spiro atoms. The van der Waals surface area contributed by atoms with Gasteiger partial charge >= 0.3 is 0 Å². The van der Waals surface area contributed by atoms with E-state index in [1.807, 2.05) is 13.0 Å². The zero-order valence-electron chi connectivity index (χ0n) is 17.2. The number of guanidine groups is 1. The first-order valence-corrected chi connectivity index (χ1v) is 10.8. The van der Waals surface area contributed by atoms with Gasteiger partial charge in [-0.25, -0.2) is 4.99 Å². The number of hydrogen-bond donors (Lipinski definition) is 2. The lowest BCUT2D eigenvalue weighted by Crippen LogP contribution is -2.43. The van der Waals surface area contributed by atoms with E-state index in [9.17, 15) is 9.59 Å². The van der Waals surface area contributed by atoms with E-state index in [1.54, 1.807) is 19.2 Å². The van der Waals surface area contributed by atoms with Gasteiger partial charge in [-0.15, -0.1) is 0 Å². The number of rotatable bonds is 7. The lowest BCUT2D eigenvalue weighted by molar-refractivity contribution is -0.140. The van der Waals surface area contributed by atoms with Gasteiger partial charge in [-0.2, -0.15) is 0 Å². The molecule has 1 aliphatic heterocycles. The summed E-state index contributed by atoms with van der Waals surface area (Å²) in [5, 5.41) is 7.02. The molecule has 0 radical (unpaired) electrons. The van der Waals surface area contributed by atoms with Crippen LogP contribution >= 0.6 is 11.6 Å². The minimum absolute atomic E-state index is 0.0171. The first-order chi connectivity index (χ1) is 14.5. The fraction of sp³-hybridized carbons (Fsp3) is 0.500. The third-order valence-electron chi connectivity index (χ3n) is 6.19. The monoisotopic (exact) mass is 430 g/mol. The molecule has 4 atom stereocenters.